The van der Waals surface area contributed by atoms with Crippen LogP contribution in [0.4, 0.5) is 8.78 Å². The summed E-state index contributed by atoms with van der Waals surface area (Å²) in [7, 11) is 1.63. The number of alkyl halides is 1. The average Bonchev–Trinajstić information content (AvgIpc) is 3.58. The van der Waals surface area contributed by atoms with E-state index < -0.39 is 5.95 Å². The van der Waals surface area contributed by atoms with Crippen LogP contribution in [0.3, 0.4) is 0 Å². The molecule has 2 aliphatic rings. The second kappa shape index (κ2) is 12.2. The number of methoxy groups -OCH3 is 1. The Morgan fingerprint density at radius 2 is 1.80 bits per heavy atom. The van der Waals surface area contributed by atoms with Gasteiger partial charge in [-0.2, -0.15) is 4.39 Å². The predicted octanol–water partition coefficient (Wildman–Crippen LogP) is 7.79. The van der Waals surface area contributed by atoms with E-state index in [-0.39, 0.29) is 12.6 Å². The van der Waals surface area contributed by atoms with E-state index in [0.29, 0.717) is 34.2 Å². The van der Waals surface area contributed by atoms with Gasteiger partial charge in [0, 0.05) is 19.0 Å². The number of ether oxygens (including phenoxy) is 2. The van der Waals surface area contributed by atoms with E-state index in [1.807, 2.05) is 48.5 Å². The molecular weight excluding hydrogens is 544 g/mol. The number of nitrogens with zero attached hydrogens (tertiary/aromatic N) is 2. The molecule has 3 aromatic carbocycles. The van der Waals surface area contributed by atoms with Gasteiger partial charge in [0.05, 0.1) is 29.7 Å². The largest absolute Gasteiger partial charge is 0.497 e. The fourth-order valence-electron chi connectivity index (χ4n) is 5.96. The summed E-state index contributed by atoms with van der Waals surface area (Å²) in [5.41, 5.74) is 5.68. The van der Waals surface area contributed by atoms with Crippen molar-refractivity contribution in [1.82, 2.24) is 15.1 Å². The Hall–Kier alpha value is -3.42. The van der Waals surface area contributed by atoms with Crippen LogP contribution in [-0.4, -0.2) is 55.1 Å². The van der Waals surface area contributed by atoms with E-state index >= 15 is 0 Å². The molecule has 8 heteroatoms. The lowest BCUT2D eigenvalue weighted by Crippen LogP contribution is -2.26. The first-order chi connectivity index (χ1) is 20.0. The molecule has 0 amide bonds. The highest BCUT2D eigenvalue weighted by Gasteiger charge is 2.29. The molecule has 0 bridgehead atoms. The van der Waals surface area contributed by atoms with Gasteiger partial charge in [-0.05, 0) is 102 Å². The number of likely N-dealkylation sites (tertiary alicyclic amines) is 1. The molecule has 41 heavy (non-hydrogen) atoms. The minimum Gasteiger partial charge on any atom is -0.497 e. The number of benzene rings is 3. The summed E-state index contributed by atoms with van der Waals surface area (Å²) in [6, 6.07) is 19.6. The Morgan fingerprint density at radius 1 is 1.02 bits per heavy atom. The maximum Gasteiger partial charge on any atom is 0.240 e. The zero-order chi connectivity index (χ0) is 28.3. The Morgan fingerprint density at radius 3 is 2.49 bits per heavy atom. The second-order valence-electron chi connectivity index (χ2n) is 11.0. The van der Waals surface area contributed by atoms with Gasteiger partial charge in [-0.15, -0.1) is 5.10 Å². The Balaban J connectivity index is 1.37. The third kappa shape index (κ3) is 5.84. The highest BCUT2D eigenvalue weighted by atomic mass is 35.5. The first-order valence-corrected chi connectivity index (χ1v) is 14.7. The fourth-order valence-corrected chi connectivity index (χ4v) is 6.24. The minimum atomic E-state index is -0.520. The molecule has 2 heterocycles. The number of halogens is 3. The summed E-state index contributed by atoms with van der Waals surface area (Å²) >= 11 is 6.87. The Labute approximate surface area is 244 Å². The summed E-state index contributed by atoms with van der Waals surface area (Å²) in [5.74, 6) is 1.43. The summed E-state index contributed by atoms with van der Waals surface area (Å²) in [4.78, 5) is 2.26. The van der Waals surface area contributed by atoms with Gasteiger partial charge in [-0.3, -0.25) is 14.4 Å². The molecule has 1 saturated carbocycles. The van der Waals surface area contributed by atoms with E-state index in [1.165, 1.54) is 0 Å². The SMILES string of the molecule is COc1ccc(C(=C(c2ccc(OCCN3CCC(CF)C3)cc2)c2ccc3[nH]nc(F)c3c2)C2CCC2)c(Cl)c1. The van der Waals surface area contributed by atoms with Crippen molar-refractivity contribution in [3.05, 3.63) is 88.3 Å². The van der Waals surface area contributed by atoms with Gasteiger partial charge in [0.2, 0.25) is 5.95 Å². The van der Waals surface area contributed by atoms with Gasteiger partial charge in [0.15, 0.2) is 0 Å². The highest BCUT2D eigenvalue weighted by Crippen LogP contribution is 2.47. The van der Waals surface area contributed by atoms with Gasteiger partial charge < -0.3 is 9.47 Å². The maximum atomic E-state index is 14.6. The number of nitrogens with one attached hydrogen (secondary N) is 1. The van der Waals surface area contributed by atoms with Crippen molar-refractivity contribution in [2.75, 3.05) is 40.0 Å². The van der Waals surface area contributed by atoms with Crippen LogP contribution in [0.15, 0.2) is 60.7 Å². The van der Waals surface area contributed by atoms with Crippen LogP contribution in [0.2, 0.25) is 5.02 Å². The molecule has 1 saturated heterocycles. The number of hydrogen-bond acceptors (Lipinski definition) is 4. The van der Waals surface area contributed by atoms with Gasteiger partial charge in [-0.25, -0.2) is 0 Å². The van der Waals surface area contributed by atoms with Gasteiger partial charge in [-0.1, -0.05) is 36.2 Å². The number of aromatic amines is 1. The zero-order valence-electron chi connectivity index (χ0n) is 23.1. The Kier molecular flexibility index (Phi) is 8.26. The quantitative estimate of drug-likeness (QED) is 0.195. The van der Waals surface area contributed by atoms with E-state index in [4.69, 9.17) is 21.1 Å². The second-order valence-corrected chi connectivity index (χ2v) is 11.4. The first-order valence-electron chi connectivity index (χ1n) is 14.3. The molecular formula is C33H34ClF2N3O2. The predicted molar refractivity (Wildman–Crippen MR) is 160 cm³/mol. The molecule has 1 unspecified atom stereocenters. The Bertz CT molecular complexity index is 1550. The van der Waals surface area contributed by atoms with Crippen molar-refractivity contribution < 1.29 is 18.3 Å². The van der Waals surface area contributed by atoms with Crippen LogP contribution >= 0.6 is 11.6 Å². The number of H-pyrrole nitrogens is 1. The smallest absolute Gasteiger partial charge is 0.240 e. The molecule has 5 nitrogen and oxygen atoms in total. The number of hydrogen-bond donors (Lipinski definition) is 1. The molecule has 0 spiro atoms. The lowest BCUT2D eigenvalue weighted by atomic mass is 9.73. The molecule has 6 rings (SSSR count). The lowest BCUT2D eigenvalue weighted by Gasteiger charge is -2.32. The van der Waals surface area contributed by atoms with Crippen molar-refractivity contribution >= 4 is 33.7 Å². The van der Waals surface area contributed by atoms with E-state index in [0.717, 1.165) is 78.9 Å². The topological polar surface area (TPSA) is 50.4 Å². The summed E-state index contributed by atoms with van der Waals surface area (Å²) in [6.45, 7) is 2.80. The number of allylic oxidation sites excluding steroid dienone is 1. The average molecular weight is 578 g/mol. The molecule has 2 fully saturated rings. The highest BCUT2D eigenvalue weighted by molar-refractivity contribution is 6.33. The third-order valence-corrected chi connectivity index (χ3v) is 8.77. The van der Waals surface area contributed by atoms with E-state index in [9.17, 15) is 8.78 Å². The summed E-state index contributed by atoms with van der Waals surface area (Å²) < 4.78 is 39.0. The zero-order valence-corrected chi connectivity index (χ0v) is 23.9. The molecule has 1 atom stereocenters. The number of fused-ring (bicyclic) bond motifs is 1. The molecule has 1 aromatic heterocycles. The van der Waals surface area contributed by atoms with Crippen LogP contribution in [0.1, 0.15) is 42.4 Å². The number of aromatic nitrogens is 2. The number of rotatable bonds is 10. The van der Waals surface area contributed by atoms with Crippen molar-refractivity contribution in [3.63, 3.8) is 0 Å². The molecule has 1 aliphatic carbocycles. The standard InChI is InChI=1S/C33H34ClF2N3O2/c1-40-26-10-11-27(29(34)18-26)32(22-3-2-4-22)31(24-7-12-30-28(17-24)33(36)38-37-30)23-5-8-25(9-6-23)41-16-15-39-14-13-21(19-35)20-39/h5-12,17-18,21-22H,2-4,13-16,19-20H2,1H3,(H,37,38). The van der Waals surface area contributed by atoms with Crippen molar-refractivity contribution in [2.24, 2.45) is 11.8 Å². The minimum absolute atomic E-state index is 0.151. The van der Waals surface area contributed by atoms with Gasteiger partial charge in [0.1, 0.15) is 18.1 Å². The lowest BCUT2D eigenvalue weighted by molar-refractivity contribution is 0.228. The first kappa shape index (κ1) is 27.7. The summed E-state index contributed by atoms with van der Waals surface area (Å²) in [5, 5.41) is 7.59. The van der Waals surface area contributed by atoms with Gasteiger partial charge >= 0.3 is 0 Å². The third-order valence-electron chi connectivity index (χ3n) is 8.46. The van der Waals surface area contributed by atoms with Crippen molar-refractivity contribution in [1.29, 1.82) is 0 Å². The molecule has 4 aromatic rings. The molecule has 1 N–H and O–H groups in total. The fraction of sp³-hybridized carbons (Fsp3) is 0.364. The monoisotopic (exact) mass is 577 g/mol. The van der Waals surface area contributed by atoms with Crippen LogP contribution in [0.5, 0.6) is 11.5 Å². The molecule has 214 valence electrons. The maximum absolute atomic E-state index is 14.6. The molecule has 1 aliphatic heterocycles. The van der Waals surface area contributed by atoms with Crippen LogP contribution in [0.25, 0.3) is 22.0 Å². The van der Waals surface area contributed by atoms with Gasteiger partial charge in [0.25, 0.3) is 0 Å². The van der Waals surface area contributed by atoms with E-state index in [2.05, 4.69) is 27.2 Å². The van der Waals surface area contributed by atoms with E-state index in [1.54, 1.807) is 7.11 Å². The van der Waals surface area contributed by atoms with Crippen LogP contribution < -0.4 is 9.47 Å². The van der Waals surface area contributed by atoms with Crippen molar-refractivity contribution in [3.8, 4) is 11.5 Å². The van der Waals surface area contributed by atoms with Crippen LogP contribution in [0, 0.1) is 17.8 Å². The normalized spacial score (nSPS) is 18.4. The molecule has 0 radical (unpaired) electrons. The van der Waals surface area contributed by atoms with Crippen LogP contribution in [-0.2, 0) is 0 Å². The van der Waals surface area contributed by atoms with Crippen molar-refractivity contribution in [2.45, 2.75) is 25.7 Å². The summed E-state index contributed by atoms with van der Waals surface area (Å²) in [6.07, 6.45) is 4.19.